The molecule has 0 saturated carbocycles. The van der Waals surface area contributed by atoms with Crippen LogP contribution < -0.4 is 20.7 Å². The van der Waals surface area contributed by atoms with E-state index >= 15 is 0 Å². The molecule has 6 nitrogen and oxygen atoms in total. The first-order chi connectivity index (χ1) is 13.3. The smallest absolute Gasteiger partial charge is 0.257 e. The number of benzene rings is 2. The Kier molecular flexibility index (Phi) is 7.78. The topological polar surface area (TPSA) is 79.5 Å². The highest BCUT2D eigenvalue weighted by atomic mass is 35.5. The number of hydrogen-bond donors (Lipinski definition) is 3. The number of halogens is 1. The molecule has 0 bridgehead atoms. The molecule has 0 aliphatic rings. The Balaban J connectivity index is 2.04. The van der Waals surface area contributed by atoms with Crippen LogP contribution in [0.5, 0.6) is 5.75 Å². The van der Waals surface area contributed by atoms with Crippen molar-refractivity contribution in [1.29, 1.82) is 0 Å². The number of carbonyl (C=O) groups excluding carboxylic acids is 2. The lowest BCUT2D eigenvalue weighted by Crippen LogP contribution is -2.34. The number of amides is 2. The van der Waals surface area contributed by atoms with Gasteiger partial charge in [0.1, 0.15) is 5.75 Å². The normalized spacial score (nSPS) is 10.3. The number of anilines is 2. The van der Waals surface area contributed by atoms with E-state index in [0.717, 1.165) is 0 Å². The van der Waals surface area contributed by atoms with Crippen LogP contribution in [0.15, 0.2) is 42.5 Å². The van der Waals surface area contributed by atoms with Crippen molar-refractivity contribution in [2.24, 2.45) is 0 Å². The highest BCUT2D eigenvalue weighted by Gasteiger charge is 2.11. The minimum absolute atomic E-state index is 0.00340. The van der Waals surface area contributed by atoms with E-state index in [1.54, 1.807) is 49.4 Å². The molecular formula is C20H22ClN3O3S. The largest absolute Gasteiger partial charge is 0.491 e. The Morgan fingerprint density at radius 3 is 2.57 bits per heavy atom. The molecule has 0 atom stereocenters. The molecule has 0 aliphatic carbocycles. The average Bonchev–Trinajstić information content (AvgIpc) is 2.64. The SMILES string of the molecule is CCC(=O)Nc1ccc(Cl)c(NC(=S)NC(=O)c2cccc(OC(C)C)c2)c1. The second-order valence-corrected chi connectivity index (χ2v) is 7.01. The summed E-state index contributed by atoms with van der Waals surface area (Å²) in [4.78, 5) is 24.0. The van der Waals surface area contributed by atoms with Crippen molar-refractivity contribution in [1.82, 2.24) is 5.32 Å². The van der Waals surface area contributed by atoms with E-state index in [4.69, 9.17) is 28.6 Å². The van der Waals surface area contributed by atoms with Gasteiger partial charge in [0, 0.05) is 17.7 Å². The van der Waals surface area contributed by atoms with E-state index in [2.05, 4.69) is 16.0 Å². The molecule has 8 heteroatoms. The van der Waals surface area contributed by atoms with Crippen LogP contribution in [-0.4, -0.2) is 23.0 Å². The van der Waals surface area contributed by atoms with Gasteiger partial charge >= 0.3 is 0 Å². The molecule has 2 aromatic rings. The van der Waals surface area contributed by atoms with Gasteiger partial charge in [0.15, 0.2) is 5.11 Å². The van der Waals surface area contributed by atoms with Crippen molar-refractivity contribution in [3.05, 3.63) is 53.1 Å². The Morgan fingerprint density at radius 1 is 1.14 bits per heavy atom. The van der Waals surface area contributed by atoms with E-state index in [0.29, 0.717) is 34.1 Å². The molecule has 0 unspecified atom stereocenters. The number of hydrogen-bond acceptors (Lipinski definition) is 4. The fourth-order valence-corrected chi connectivity index (χ4v) is 2.63. The Hall–Kier alpha value is -2.64. The maximum Gasteiger partial charge on any atom is 0.257 e. The summed E-state index contributed by atoms with van der Waals surface area (Å²) in [5.74, 6) is 0.106. The van der Waals surface area contributed by atoms with Gasteiger partial charge in [-0.1, -0.05) is 24.6 Å². The van der Waals surface area contributed by atoms with Crippen molar-refractivity contribution < 1.29 is 14.3 Å². The van der Waals surface area contributed by atoms with Crippen LogP contribution in [0.3, 0.4) is 0 Å². The van der Waals surface area contributed by atoms with Crippen LogP contribution in [0, 0.1) is 0 Å². The van der Waals surface area contributed by atoms with E-state index in [-0.39, 0.29) is 23.0 Å². The highest BCUT2D eigenvalue weighted by molar-refractivity contribution is 7.80. The summed E-state index contributed by atoms with van der Waals surface area (Å²) in [5, 5.41) is 8.70. The maximum atomic E-state index is 12.4. The van der Waals surface area contributed by atoms with Crippen molar-refractivity contribution in [3.63, 3.8) is 0 Å². The molecule has 3 N–H and O–H groups in total. The third kappa shape index (κ3) is 6.51. The number of thiocarbonyl (C=S) groups is 1. The number of ether oxygens (including phenoxy) is 1. The van der Waals surface area contributed by atoms with Gasteiger partial charge in [-0.3, -0.25) is 14.9 Å². The third-order valence-electron chi connectivity index (χ3n) is 3.51. The molecule has 2 rings (SSSR count). The summed E-state index contributed by atoms with van der Waals surface area (Å²) < 4.78 is 5.60. The fraction of sp³-hybridized carbons (Fsp3) is 0.250. The van der Waals surface area contributed by atoms with Crippen LogP contribution in [-0.2, 0) is 4.79 Å². The standard InChI is InChI=1S/C20H22ClN3O3S/c1-4-18(25)22-14-8-9-16(21)17(11-14)23-20(28)24-19(26)13-6-5-7-15(10-13)27-12(2)3/h5-12H,4H2,1-3H3,(H,22,25)(H2,23,24,26,28). The number of nitrogens with one attached hydrogen (secondary N) is 3. The molecule has 0 saturated heterocycles. The number of rotatable bonds is 6. The molecule has 148 valence electrons. The Bertz CT molecular complexity index is 887. The van der Waals surface area contributed by atoms with E-state index in [9.17, 15) is 9.59 Å². The van der Waals surface area contributed by atoms with E-state index < -0.39 is 0 Å². The van der Waals surface area contributed by atoms with E-state index in [1.807, 2.05) is 13.8 Å². The van der Waals surface area contributed by atoms with Crippen LogP contribution in [0.25, 0.3) is 0 Å². The second kappa shape index (κ2) is 10.1. The van der Waals surface area contributed by atoms with Crippen molar-refractivity contribution in [2.75, 3.05) is 10.6 Å². The van der Waals surface area contributed by atoms with Gasteiger partial charge in [0.25, 0.3) is 5.91 Å². The van der Waals surface area contributed by atoms with Crippen LogP contribution in [0.1, 0.15) is 37.6 Å². The van der Waals surface area contributed by atoms with Crippen LogP contribution >= 0.6 is 23.8 Å². The Morgan fingerprint density at radius 2 is 1.89 bits per heavy atom. The molecule has 2 aromatic carbocycles. The average molecular weight is 420 g/mol. The van der Waals surface area contributed by atoms with Gasteiger partial charge in [-0.2, -0.15) is 0 Å². The molecule has 2 amide bonds. The maximum absolute atomic E-state index is 12.4. The predicted octanol–water partition coefficient (Wildman–Crippen LogP) is 4.60. The lowest BCUT2D eigenvalue weighted by Gasteiger charge is -2.14. The van der Waals surface area contributed by atoms with Crippen molar-refractivity contribution >= 4 is 52.1 Å². The molecule has 0 aromatic heterocycles. The minimum atomic E-state index is -0.377. The summed E-state index contributed by atoms with van der Waals surface area (Å²) >= 11 is 11.4. The molecule has 0 fully saturated rings. The summed E-state index contributed by atoms with van der Waals surface area (Å²) in [7, 11) is 0. The Labute approximate surface area is 174 Å². The van der Waals surface area contributed by atoms with Crippen LogP contribution in [0.2, 0.25) is 5.02 Å². The monoisotopic (exact) mass is 419 g/mol. The second-order valence-electron chi connectivity index (χ2n) is 6.20. The molecule has 28 heavy (non-hydrogen) atoms. The molecule has 0 spiro atoms. The lowest BCUT2D eigenvalue weighted by molar-refractivity contribution is -0.115. The van der Waals surface area contributed by atoms with Gasteiger partial charge in [-0.05, 0) is 62.5 Å². The van der Waals surface area contributed by atoms with Gasteiger partial charge in [0.2, 0.25) is 5.91 Å². The summed E-state index contributed by atoms with van der Waals surface area (Å²) in [6.07, 6.45) is 0.364. The van der Waals surface area contributed by atoms with Gasteiger partial charge in [0.05, 0.1) is 16.8 Å². The highest BCUT2D eigenvalue weighted by Crippen LogP contribution is 2.25. The van der Waals surface area contributed by atoms with Gasteiger partial charge in [-0.15, -0.1) is 0 Å². The molecular weight excluding hydrogens is 398 g/mol. The molecule has 0 heterocycles. The zero-order valence-corrected chi connectivity index (χ0v) is 17.4. The first kappa shape index (κ1) is 21.7. The summed E-state index contributed by atoms with van der Waals surface area (Å²) in [5.41, 5.74) is 1.46. The summed E-state index contributed by atoms with van der Waals surface area (Å²) in [6, 6.07) is 11.8. The quantitative estimate of drug-likeness (QED) is 0.596. The van der Waals surface area contributed by atoms with Crippen molar-refractivity contribution in [3.8, 4) is 5.75 Å². The predicted molar refractivity (Wildman–Crippen MR) is 116 cm³/mol. The number of carbonyl (C=O) groups is 2. The van der Waals surface area contributed by atoms with E-state index in [1.165, 1.54) is 0 Å². The van der Waals surface area contributed by atoms with Crippen LogP contribution in [0.4, 0.5) is 11.4 Å². The van der Waals surface area contributed by atoms with Crippen molar-refractivity contribution in [2.45, 2.75) is 33.3 Å². The fourth-order valence-electron chi connectivity index (χ4n) is 2.26. The van der Waals surface area contributed by atoms with Gasteiger partial charge < -0.3 is 15.4 Å². The zero-order valence-electron chi connectivity index (χ0n) is 15.8. The first-order valence-corrected chi connectivity index (χ1v) is 9.55. The third-order valence-corrected chi connectivity index (χ3v) is 4.05. The zero-order chi connectivity index (χ0) is 20.7. The molecule has 0 radical (unpaired) electrons. The van der Waals surface area contributed by atoms with Gasteiger partial charge in [-0.25, -0.2) is 0 Å². The molecule has 0 aliphatic heterocycles. The first-order valence-electron chi connectivity index (χ1n) is 8.77. The lowest BCUT2D eigenvalue weighted by atomic mass is 10.2. The summed E-state index contributed by atoms with van der Waals surface area (Å²) in [6.45, 7) is 5.58. The minimum Gasteiger partial charge on any atom is -0.491 e.